The van der Waals surface area contributed by atoms with E-state index in [0.717, 1.165) is 22.7 Å². The predicted molar refractivity (Wildman–Crippen MR) is 95.2 cm³/mol. The minimum Gasteiger partial charge on any atom is -0.496 e. The van der Waals surface area contributed by atoms with Crippen LogP contribution in [0.2, 0.25) is 0 Å². The standard InChI is InChI=1S/C18H13F3N2O2S/c1-25-14-9-5-2-6-11(14)10-15-16(24)23(17(22)26-15)13-8-4-3-7-12(13)18(19,20)21/h2-10,22H,1H3/b15-10-,22-17?. The molecule has 2 aromatic carbocycles. The van der Waals surface area contributed by atoms with Gasteiger partial charge in [-0.1, -0.05) is 30.3 Å². The van der Waals surface area contributed by atoms with Crippen LogP contribution in [-0.2, 0) is 11.0 Å². The van der Waals surface area contributed by atoms with Crippen molar-refractivity contribution in [1.82, 2.24) is 0 Å². The number of methoxy groups -OCH3 is 1. The number of alkyl halides is 3. The van der Waals surface area contributed by atoms with Crippen LogP contribution in [0.1, 0.15) is 11.1 Å². The summed E-state index contributed by atoms with van der Waals surface area (Å²) in [5, 5.41) is 7.71. The number of hydrogen-bond acceptors (Lipinski definition) is 4. The van der Waals surface area contributed by atoms with E-state index in [2.05, 4.69) is 0 Å². The third-order valence-electron chi connectivity index (χ3n) is 3.70. The summed E-state index contributed by atoms with van der Waals surface area (Å²) in [4.78, 5) is 13.6. The molecule has 1 aliphatic rings. The van der Waals surface area contributed by atoms with Crippen molar-refractivity contribution in [2.45, 2.75) is 6.18 Å². The highest BCUT2D eigenvalue weighted by molar-refractivity contribution is 8.19. The zero-order valence-corrected chi connectivity index (χ0v) is 14.3. The zero-order valence-electron chi connectivity index (χ0n) is 13.5. The second kappa shape index (κ2) is 6.87. The van der Waals surface area contributed by atoms with E-state index in [0.29, 0.717) is 11.3 Å². The largest absolute Gasteiger partial charge is 0.496 e. The molecule has 26 heavy (non-hydrogen) atoms. The Labute approximate surface area is 151 Å². The number of hydrogen-bond donors (Lipinski definition) is 1. The predicted octanol–water partition coefficient (Wildman–Crippen LogP) is 4.77. The molecule has 0 bridgehead atoms. The van der Waals surface area contributed by atoms with Crippen molar-refractivity contribution >= 4 is 34.6 Å². The van der Waals surface area contributed by atoms with Gasteiger partial charge in [-0.3, -0.25) is 15.1 Å². The Balaban J connectivity index is 2.03. The van der Waals surface area contributed by atoms with Crippen LogP contribution in [-0.4, -0.2) is 18.2 Å². The molecule has 0 spiro atoms. The normalized spacial score (nSPS) is 16.5. The van der Waals surface area contributed by atoms with E-state index in [-0.39, 0.29) is 15.8 Å². The lowest BCUT2D eigenvalue weighted by molar-refractivity contribution is -0.137. The number of nitrogens with zero attached hydrogens (tertiary/aromatic N) is 1. The average molecular weight is 378 g/mol. The van der Waals surface area contributed by atoms with E-state index < -0.39 is 17.6 Å². The molecular formula is C18H13F3N2O2S. The molecule has 2 aromatic rings. The molecule has 0 aromatic heterocycles. The number of nitrogens with one attached hydrogen (secondary N) is 1. The molecule has 134 valence electrons. The summed E-state index contributed by atoms with van der Waals surface area (Å²) in [6.07, 6.45) is -3.12. The number of rotatable bonds is 3. The fraction of sp³-hybridized carbons (Fsp3) is 0.111. The molecule has 1 amide bonds. The lowest BCUT2D eigenvalue weighted by Crippen LogP contribution is -2.30. The fourth-order valence-corrected chi connectivity index (χ4v) is 3.39. The van der Waals surface area contributed by atoms with Gasteiger partial charge in [-0.2, -0.15) is 13.2 Å². The minimum atomic E-state index is -4.63. The van der Waals surface area contributed by atoms with Crippen molar-refractivity contribution in [3.63, 3.8) is 0 Å². The van der Waals surface area contributed by atoms with Crippen LogP contribution in [0.5, 0.6) is 5.75 Å². The lowest BCUT2D eigenvalue weighted by atomic mass is 10.1. The molecule has 0 aliphatic carbocycles. The monoisotopic (exact) mass is 378 g/mol. The van der Waals surface area contributed by atoms with Gasteiger partial charge in [0.2, 0.25) is 0 Å². The van der Waals surface area contributed by atoms with Crippen LogP contribution in [0.4, 0.5) is 18.9 Å². The Kier molecular flexibility index (Phi) is 4.78. The number of amides is 1. The number of amidine groups is 1. The smallest absolute Gasteiger partial charge is 0.418 e. The Morgan fingerprint density at radius 1 is 1.12 bits per heavy atom. The summed E-state index contributed by atoms with van der Waals surface area (Å²) in [6.45, 7) is 0. The van der Waals surface area contributed by atoms with E-state index in [1.807, 2.05) is 0 Å². The van der Waals surface area contributed by atoms with Crippen molar-refractivity contribution < 1.29 is 22.7 Å². The van der Waals surface area contributed by atoms with Gasteiger partial charge in [-0.05, 0) is 36.0 Å². The number of carbonyl (C=O) groups is 1. The number of benzene rings is 2. The van der Waals surface area contributed by atoms with Gasteiger partial charge in [0.05, 0.1) is 23.3 Å². The lowest BCUT2D eigenvalue weighted by Gasteiger charge is -2.19. The number of carbonyl (C=O) groups excluding carboxylic acids is 1. The van der Waals surface area contributed by atoms with Crippen molar-refractivity contribution in [2.75, 3.05) is 12.0 Å². The zero-order chi connectivity index (χ0) is 18.9. The quantitative estimate of drug-likeness (QED) is 0.783. The van der Waals surface area contributed by atoms with Gasteiger partial charge in [0.1, 0.15) is 5.75 Å². The molecule has 8 heteroatoms. The van der Waals surface area contributed by atoms with E-state index in [9.17, 15) is 18.0 Å². The highest BCUT2D eigenvalue weighted by Gasteiger charge is 2.40. The third kappa shape index (κ3) is 3.32. The molecule has 4 nitrogen and oxygen atoms in total. The molecule has 1 fully saturated rings. The van der Waals surface area contributed by atoms with Gasteiger partial charge in [0.15, 0.2) is 5.17 Å². The van der Waals surface area contributed by atoms with Crippen LogP contribution < -0.4 is 9.64 Å². The molecular weight excluding hydrogens is 365 g/mol. The number of para-hydroxylation sites is 2. The highest BCUT2D eigenvalue weighted by Crippen LogP contribution is 2.42. The summed E-state index contributed by atoms with van der Waals surface area (Å²) in [7, 11) is 1.48. The number of thioether (sulfide) groups is 1. The second-order valence-corrected chi connectivity index (χ2v) is 6.34. The SMILES string of the molecule is COc1ccccc1/C=C1\SC(=N)N(c2ccccc2C(F)(F)F)C1=O. The van der Waals surface area contributed by atoms with Gasteiger partial charge < -0.3 is 4.74 Å². The maximum atomic E-state index is 13.3. The summed E-state index contributed by atoms with van der Waals surface area (Å²) >= 11 is 0.808. The molecule has 1 heterocycles. The van der Waals surface area contributed by atoms with Gasteiger partial charge >= 0.3 is 6.18 Å². The molecule has 1 N–H and O–H groups in total. The average Bonchev–Trinajstić information content (AvgIpc) is 2.88. The highest BCUT2D eigenvalue weighted by atomic mass is 32.2. The van der Waals surface area contributed by atoms with Crippen molar-refractivity contribution in [1.29, 1.82) is 5.41 Å². The van der Waals surface area contributed by atoms with Gasteiger partial charge in [0, 0.05) is 5.56 Å². The van der Waals surface area contributed by atoms with Gasteiger partial charge in [-0.15, -0.1) is 0 Å². The summed E-state index contributed by atoms with van der Waals surface area (Å²) in [6, 6.07) is 11.7. The van der Waals surface area contributed by atoms with Crippen molar-refractivity contribution in [3.05, 3.63) is 64.6 Å². The summed E-state index contributed by atoms with van der Waals surface area (Å²) < 4.78 is 45.0. The summed E-state index contributed by atoms with van der Waals surface area (Å²) in [5.74, 6) is -0.156. The molecule has 0 unspecified atom stereocenters. The van der Waals surface area contributed by atoms with Crippen LogP contribution in [0.3, 0.4) is 0 Å². The topological polar surface area (TPSA) is 53.4 Å². The Hall–Kier alpha value is -2.74. The molecule has 3 rings (SSSR count). The van der Waals surface area contributed by atoms with E-state index in [4.69, 9.17) is 10.1 Å². The second-order valence-electron chi connectivity index (χ2n) is 5.31. The van der Waals surface area contributed by atoms with E-state index >= 15 is 0 Å². The fourth-order valence-electron chi connectivity index (χ4n) is 2.54. The van der Waals surface area contributed by atoms with Gasteiger partial charge in [0.25, 0.3) is 5.91 Å². The van der Waals surface area contributed by atoms with Crippen molar-refractivity contribution in [3.8, 4) is 5.75 Å². The Bertz CT molecular complexity index is 909. The maximum Gasteiger partial charge on any atom is 0.418 e. The first kappa shape index (κ1) is 18.1. The van der Waals surface area contributed by atoms with Crippen LogP contribution in [0, 0.1) is 5.41 Å². The molecule has 0 saturated carbocycles. The maximum absolute atomic E-state index is 13.3. The third-order valence-corrected chi connectivity index (χ3v) is 4.59. The molecule has 0 atom stereocenters. The van der Waals surface area contributed by atoms with Crippen LogP contribution in [0.15, 0.2) is 53.4 Å². The minimum absolute atomic E-state index is 0.150. The summed E-state index contributed by atoms with van der Waals surface area (Å²) in [5.41, 5.74) is -0.715. The molecule has 1 aliphatic heterocycles. The van der Waals surface area contributed by atoms with E-state index in [1.54, 1.807) is 24.3 Å². The number of anilines is 1. The van der Waals surface area contributed by atoms with Crippen LogP contribution >= 0.6 is 11.8 Å². The first-order valence-electron chi connectivity index (χ1n) is 7.44. The van der Waals surface area contributed by atoms with Crippen molar-refractivity contribution in [2.24, 2.45) is 0 Å². The number of ether oxygens (including phenoxy) is 1. The first-order valence-corrected chi connectivity index (χ1v) is 8.26. The van der Waals surface area contributed by atoms with Crippen LogP contribution in [0.25, 0.3) is 6.08 Å². The molecule has 0 radical (unpaired) electrons. The first-order chi connectivity index (χ1) is 12.3. The Morgan fingerprint density at radius 3 is 2.46 bits per heavy atom. The molecule has 1 saturated heterocycles. The number of halogens is 3. The Morgan fingerprint density at radius 2 is 1.77 bits per heavy atom. The van der Waals surface area contributed by atoms with Gasteiger partial charge in [-0.25, -0.2) is 0 Å². The van der Waals surface area contributed by atoms with E-state index in [1.165, 1.54) is 31.4 Å².